The molecule has 0 atom stereocenters. The highest BCUT2D eigenvalue weighted by Crippen LogP contribution is 2.14. The first-order valence-corrected chi connectivity index (χ1v) is 5.17. The molecule has 0 aromatic carbocycles. The molecule has 8 heteroatoms. The topological polar surface area (TPSA) is 56.2 Å². The lowest BCUT2D eigenvalue weighted by molar-refractivity contribution is -0.191. The number of hydrogen-bond donors (Lipinski definition) is 1. The zero-order valence-corrected chi connectivity index (χ0v) is 10.3. The fraction of sp³-hybridized carbons (Fsp3) is 0.600. The molecule has 0 aliphatic rings. The number of hydrogen-bond acceptors (Lipinski definition) is 3. The van der Waals surface area contributed by atoms with Gasteiger partial charge < -0.3 is 0 Å². The molecule has 0 fully saturated rings. The number of carbonyl (C=O) groups is 1. The van der Waals surface area contributed by atoms with Gasteiger partial charge in [-0.3, -0.25) is 14.3 Å². The Morgan fingerprint density at radius 3 is 2.50 bits per heavy atom. The predicted molar refractivity (Wildman–Crippen MR) is 56.5 cm³/mol. The third kappa shape index (κ3) is 4.02. The maximum atomic E-state index is 11.8. The van der Waals surface area contributed by atoms with E-state index in [1.54, 1.807) is 31.1 Å². The molecule has 1 heterocycles. The normalized spacial score (nSPS) is 11.7. The Labute approximate surface area is 102 Å². The second-order valence-corrected chi connectivity index (χ2v) is 3.88. The van der Waals surface area contributed by atoms with E-state index < -0.39 is 18.7 Å². The van der Waals surface area contributed by atoms with Crippen LogP contribution in [0.5, 0.6) is 0 Å². The molecule has 0 spiro atoms. The van der Waals surface area contributed by atoms with Crippen molar-refractivity contribution in [2.24, 2.45) is 7.05 Å². The van der Waals surface area contributed by atoms with Crippen molar-refractivity contribution in [2.45, 2.75) is 26.4 Å². The summed E-state index contributed by atoms with van der Waals surface area (Å²) in [5, 5.41) is 4.10. The van der Waals surface area contributed by atoms with Crippen LogP contribution in [-0.2, 0) is 23.1 Å². The number of carbonyl (C=O) groups excluding carboxylic acids is 1. The van der Waals surface area contributed by atoms with Gasteiger partial charge in [-0.25, -0.2) is 5.48 Å². The van der Waals surface area contributed by atoms with E-state index in [0.29, 0.717) is 11.3 Å². The Balaban J connectivity index is 2.50. The largest absolute Gasteiger partial charge is 0.414 e. The van der Waals surface area contributed by atoms with E-state index in [-0.39, 0.29) is 6.42 Å². The fourth-order valence-electron chi connectivity index (χ4n) is 1.47. The van der Waals surface area contributed by atoms with Gasteiger partial charge >= 0.3 is 6.18 Å². The highest BCUT2D eigenvalue weighted by Gasteiger charge is 2.28. The van der Waals surface area contributed by atoms with Crippen LogP contribution >= 0.6 is 0 Å². The summed E-state index contributed by atoms with van der Waals surface area (Å²) in [7, 11) is 1.73. The zero-order chi connectivity index (χ0) is 13.9. The monoisotopic (exact) mass is 265 g/mol. The van der Waals surface area contributed by atoms with Crippen LogP contribution in [0.1, 0.15) is 17.0 Å². The average molecular weight is 265 g/mol. The van der Waals surface area contributed by atoms with Crippen LogP contribution in [0.2, 0.25) is 0 Å². The van der Waals surface area contributed by atoms with Crippen LogP contribution in [0.15, 0.2) is 0 Å². The first-order valence-electron chi connectivity index (χ1n) is 5.17. The van der Waals surface area contributed by atoms with Crippen molar-refractivity contribution < 1.29 is 22.8 Å². The molecule has 0 unspecified atom stereocenters. The third-order valence-electron chi connectivity index (χ3n) is 2.42. The lowest BCUT2D eigenvalue weighted by Crippen LogP contribution is -2.30. The predicted octanol–water partition coefficient (Wildman–Crippen LogP) is 1.19. The molecule has 0 aliphatic heterocycles. The standard InChI is InChI=1S/C10H14F3N3O2/c1-6-8(7(2)16(3)14-6)4-9(17)15-18-5-10(11,12)13/h4-5H2,1-3H3,(H,15,17). The van der Waals surface area contributed by atoms with Gasteiger partial charge in [-0.05, 0) is 13.8 Å². The number of halogens is 3. The molecular formula is C10H14F3N3O2. The third-order valence-corrected chi connectivity index (χ3v) is 2.42. The molecule has 5 nitrogen and oxygen atoms in total. The molecule has 0 saturated carbocycles. The summed E-state index contributed by atoms with van der Waals surface area (Å²) in [6, 6.07) is 0. The highest BCUT2D eigenvalue weighted by atomic mass is 19.4. The van der Waals surface area contributed by atoms with Gasteiger partial charge in [0, 0.05) is 18.3 Å². The van der Waals surface area contributed by atoms with Crippen LogP contribution in [0, 0.1) is 13.8 Å². The van der Waals surface area contributed by atoms with E-state index in [0.717, 1.165) is 5.69 Å². The second kappa shape index (κ2) is 5.38. The summed E-state index contributed by atoms with van der Waals surface area (Å²) in [6.45, 7) is 2.00. The lowest BCUT2D eigenvalue weighted by Gasteiger charge is -2.08. The summed E-state index contributed by atoms with van der Waals surface area (Å²) in [4.78, 5) is 15.4. The Bertz CT molecular complexity index is 440. The Morgan fingerprint density at radius 2 is 2.06 bits per heavy atom. The van der Waals surface area contributed by atoms with Crippen molar-refractivity contribution in [3.8, 4) is 0 Å². The molecule has 0 aliphatic carbocycles. The number of rotatable bonds is 4. The van der Waals surface area contributed by atoms with E-state index >= 15 is 0 Å². The Morgan fingerprint density at radius 1 is 1.44 bits per heavy atom. The molecule has 1 amide bonds. The molecule has 18 heavy (non-hydrogen) atoms. The number of aromatic nitrogens is 2. The van der Waals surface area contributed by atoms with Crippen molar-refractivity contribution >= 4 is 5.91 Å². The SMILES string of the molecule is Cc1nn(C)c(C)c1CC(=O)NOCC(F)(F)F. The minimum Gasteiger partial charge on any atom is -0.272 e. The van der Waals surface area contributed by atoms with Crippen LogP contribution in [0.3, 0.4) is 0 Å². The zero-order valence-electron chi connectivity index (χ0n) is 10.3. The average Bonchev–Trinajstić information content (AvgIpc) is 2.43. The molecule has 0 radical (unpaired) electrons. The number of amides is 1. The van der Waals surface area contributed by atoms with Gasteiger partial charge in [0.25, 0.3) is 0 Å². The number of nitrogens with zero attached hydrogens (tertiary/aromatic N) is 2. The molecule has 0 bridgehead atoms. The minimum atomic E-state index is -4.46. The van der Waals surface area contributed by atoms with Gasteiger partial charge in [-0.15, -0.1) is 0 Å². The van der Waals surface area contributed by atoms with Crippen molar-refractivity contribution in [3.05, 3.63) is 17.0 Å². The van der Waals surface area contributed by atoms with Gasteiger partial charge in [0.15, 0.2) is 6.61 Å². The van der Waals surface area contributed by atoms with E-state index in [4.69, 9.17) is 0 Å². The number of nitrogens with one attached hydrogen (secondary N) is 1. The minimum absolute atomic E-state index is 0.0661. The van der Waals surface area contributed by atoms with E-state index in [1.807, 2.05) is 0 Å². The van der Waals surface area contributed by atoms with E-state index in [2.05, 4.69) is 9.94 Å². The van der Waals surface area contributed by atoms with Crippen molar-refractivity contribution in [1.82, 2.24) is 15.3 Å². The summed E-state index contributed by atoms with van der Waals surface area (Å²) in [5.41, 5.74) is 3.90. The first kappa shape index (κ1) is 14.5. The van der Waals surface area contributed by atoms with Gasteiger partial charge in [0.2, 0.25) is 5.91 Å². The van der Waals surface area contributed by atoms with Crippen molar-refractivity contribution in [2.75, 3.05) is 6.61 Å². The smallest absolute Gasteiger partial charge is 0.272 e. The van der Waals surface area contributed by atoms with Gasteiger partial charge in [-0.2, -0.15) is 18.3 Å². The number of aryl methyl sites for hydroxylation is 2. The van der Waals surface area contributed by atoms with Gasteiger partial charge in [0.1, 0.15) is 0 Å². The number of alkyl halides is 3. The van der Waals surface area contributed by atoms with E-state index in [1.165, 1.54) is 0 Å². The van der Waals surface area contributed by atoms with Crippen LogP contribution < -0.4 is 5.48 Å². The van der Waals surface area contributed by atoms with Gasteiger partial charge in [-0.1, -0.05) is 0 Å². The lowest BCUT2D eigenvalue weighted by atomic mass is 10.1. The Hall–Kier alpha value is -1.57. The van der Waals surface area contributed by atoms with Crippen molar-refractivity contribution in [3.63, 3.8) is 0 Å². The summed E-state index contributed by atoms with van der Waals surface area (Å²) < 4.78 is 36.9. The molecule has 1 aromatic rings. The maximum absolute atomic E-state index is 11.8. The Kier molecular flexibility index (Phi) is 4.33. The van der Waals surface area contributed by atoms with Crippen LogP contribution in [-0.4, -0.2) is 28.5 Å². The molecular weight excluding hydrogens is 251 g/mol. The highest BCUT2D eigenvalue weighted by molar-refractivity contribution is 5.78. The maximum Gasteiger partial charge on any atom is 0.414 e. The first-order chi connectivity index (χ1) is 8.20. The van der Waals surface area contributed by atoms with Crippen LogP contribution in [0.4, 0.5) is 13.2 Å². The summed E-state index contributed by atoms with van der Waals surface area (Å²) in [6.07, 6.45) is -4.53. The van der Waals surface area contributed by atoms with Crippen LogP contribution in [0.25, 0.3) is 0 Å². The fourth-order valence-corrected chi connectivity index (χ4v) is 1.47. The molecule has 1 N–H and O–H groups in total. The molecule has 0 saturated heterocycles. The van der Waals surface area contributed by atoms with E-state index in [9.17, 15) is 18.0 Å². The molecule has 1 aromatic heterocycles. The molecule has 102 valence electrons. The second-order valence-electron chi connectivity index (χ2n) is 3.88. The number of hydroxylamine groups is 1. The van der Waals surface area contributed by atoms with Gasteiger partial charge in [0.05, 0.1) is 12.1 Å². The van der Waals surface area contributed by atoms with Crippen molar-refractivity contribution in [1.29, 1.82) is 0 Å². The summed E-state index contributed by atoms with van der Waals surface area (Å²) in [5.74, 6) is -0.640. The quantitative estimate of drug-likeness (QED) is 0.832. The molecule has 1 rings (SSSR count). The summed E-state index contributed by atoms with van der Waals surface area (Å²) >= 11 is 0.